The highest BCUT2D eigenvalue weighted by Gasteiger charge is 2.13. The number of rotatable bonds is 3. The molecule has 0 unspecified atom stereocenters. The summed E-state index contributed by atoms with van der Waals surface area (Å²) in [6.45, 7) is 4.00. The molecule has 0 amide bonds. The van der Waals surface area contributed by atoms with Gasteiger partial charge in [-0.1, -0.05) is 44.7 Å². The molecule has 0 radical (unpaired) electrons. The Morgan fingerprint density at radius 2 is 2.00 bits per heavy atom. The van der Waals surface area contributed by atoms with Crippen molar-refractivity contribution in [1.29, 1.82) is 0 Å². The Hall–Kier alpha value is -1.45. The summed E-state index contributed by atoms with van der Waals surface area (Å²) >= 11 is 0. The molecule has 1 saturated carbocycles. The first-order valence-electron chi connectivity index (χ1n) is 6.16. The van der Waals surface area contributed by atoms with Gasteiger partial charge in [0.1, 0.15) is 6.29 Å². The first-order chi connectivity index (χ1) is 8.36. The van der Waals surface area contributed by atoms with Gasteiger partial charge in [0.05, 0.1) is 6.20 Å². The third kappa shape index (κ3) is 7.44. The van der Waals surface area contributed by atoms with Crippen LogP contribution in [0.5, 0.6) is 0 Å². The molecule has 0 saturated heterocycles. The molecular formula is C13H21NO3. The van der Waals surface area contributed by atoms with Gasteiger partial charge < -0.3 is 9.32 Å². The molecule has 4 heteroatoms. The topological polar surface area (TPSA) is 60.2 Å². The van der Waals surface area contributed by atoms with Crippen LogP contribution in [0.2, 0.25) is 0 Å². The molecule has 1 heterocycles. The summed E-state index contributed by atoms with van der Waals surface area (Å²) in [5, 5.41) is 3.29. The van der Waals surface area contributed by atoms with Crippen LogP contribution in [0.3, 0.4) is 0 Å². The Bertz CT molecular complexity index is 277. The molecule has 1 fully saturated rings. The van der Waals surface area contributed by atoms with E-state index in [4.69, 9.17) is 0 Å². The minimum absolute atomic E-state index is 0.264. The first kappa shape index (κ1) is 15.6. The highest BCUT2D eigenvalue weighted by Crippen LogP contribution is 2.26. The van der Waals surface area contributed by atoms with Crippen molar-refractivity contribution >= 4 is 12.6 Å². The van der Waals surface area contributed by atoms with Crippen LogP contribution in [-0.2, 0) is 4.79 Å². The van der Waals surface area contributed by atoms with Crippen LogP contribution in [0.15, 0.2) is 16.8 Å². The third-order valence-electron chi connectivity index (χ3n) is 2.48. The van der Waals surface area contributed by atoms with Crippen LogP contribution >= 0.6 is 0 Å². The summed E-state index contributed by atoms with van der Waals surface area (Å²) in [7, 11) is 0. The second-order valence-electron chi connectivity index (χ2n) is 3.59. The highest BCUT2D eigenvalue weighted by atomic mass is 16.5. The largest absolute Gasteiger partial charge is 0.353 e. The fraction of sp³-hybridized carbons (Fsp3) is 0.615. The Labute approximate surface area is 102 Å². The van der Waals surface area contributed by atoms with E-state index in [1.807, 2.05) is 13.8 Å². The van der Waals surface area contributed by atoms with Crippen LogP contribution in [0.25, 0.3) is 0 Å². The van der Waals surface area contributed by atoms with Crippen molar-refractivity contribution in [1.82, 2.24) is 5.16 Å². The van der Waals surface area contributed by atoms with E-state index < -0.39 is 0 Å². The minimum atomic E-state index is 0.264. The zero-order chi connectivity index (χ0) is 12.9. The molecule has 0 bridgehead atoms. The van der Waals surface area contributed by atoms with Crippen molar-refractivity contribution < 1.29 is 14.1 Å². The molecule has 0 aliphatic heterocycles. The number of hydrogen-bond donors (Lipinski definition) is 0. The van der Waals surface area contributed by atoms with E-state index in [1.54, 1.807) is 0 Å². The lowest BCUT2D eigenvalue weighted by molar-refractivity contribution is -0.108. The first-order valence-corrected chi connectivity index (χ1v) is 6.16. The van der Waals surface area contributed by atoms with Crippen molar-refractivity contribution in [3.8, 4) is 0 Å². The van der Waals surface area contributed by atoms with E-state index in [2.05, 4.69) is 9.68 Å². The van der Waals surface area contributed by atoms with Gasteiger partial charge in [0.2, 0.25) is 0 Å². The number of nitrogens with zero attached hydrogens (tertiary/aromatic N) is 1. The molecule has 0 spiro atoms. The number of carbonyl (C=O) groups is 2. The fourth-order valence-electron chi connectivity index (χ4n) is 1.67. The highest BCUT2D eigenvalue weighted by molar-refractivity contribution is 5.69. The summed E-state index contributed by atoms with van der Waals surface area (Å²) in [6, 6.07) is 1.49. The van der Waals surface area contributed by atoms with Gasteiger partial charge in [-0.25, -0.2) is 0 Å². The van der Waals surface area contributed by atoms with E-state index in [-0.39, 0.29) is 5.76 Å². The molecule has 1 aromatic rings. The maximum absolute atomic E-state index is 9.96. The average Bonchev–Trinajstić information content (AvgIpc) is 3.05. The van der Waals surface area contributed by atoms with Crippen LogP contribution in [0, 0.1) is 5.92 Å². The number of aromatic nitrogens is 1. The molecule has 17 heavy (non-hydrogen) atoms. The van der Waals surface area contributed by atoms with E-state index in [1.165, 1.54) is 37.9 Å². The maximum atomic E-state index is 9.96. The normalized spacial score (nSPS) is 14.0. The van der Waals surface area contributed by atoms with Crippen LogP contribution in [0.1, 0.15) is 56.5 Å². The lowest BCUT2D eigenvalue weighted by atomic mass is 10.1. The van der Waals surface area contributed by atoms with Crippen molar-refractivity contribution in [2.24, 2.45) is 5.92 Å². The van der Waals surface area contributed by atoms with E-state index in [0.717, 1.165) is 18.6 Å². The third-order valence-corrected chi connectivity index (χ3v) is 2.48. The second kappa shape index (κ2) is 11.0. The van der Waals surface area contributed by atoms with Crippen molar-refractivity contribution in [3.05, 3.63) is 18.0 Å². The molecule has 0 atom stereocenters. The molecule has 2 rings (SSSR count). The maximum Gasteiger partial charge on any atom is 0.199 e. The van der Waals surface area contributed by atoms with Crippen molar-refractivity contribution in [2.45, 2.75) is 46.0 Å². The van der Waals surface area contributed by atoms with Gasteiger partial charge in [-0.3, -0.25) is 4.79 Å². The Morgan fingerprint density at radius 1 is 1.35 bits per heavy atom. The Balaban J connectivity index is 0.000000265. The SMILES string of the molecule is CC.O=CCC1CCCC1.O=Cc1ccno1. The Morgan fingerprint density at radius 3 is 2.35 bits per heavy atom. The quantitative estimate of drug-likeness (QED) is 0.759. The van der Waals surface area contributed by atoms with Gasteiger partial charge in [-0.2, -0.15) is 0 Å². The fourth-order valence-corrected chi connectivity index (χ4v) is 1.67. The molecule has 4 nitrogen and oxygen atoms in total. The summed E-state index contributed by atoms with van der Waals surface area (Å²) in [5.74, 6) is 1.01. The second-order valence-corrected chi connectivity index (χ2v) is 3.59. The smallest absolute Gasteiger partial charge is 0.199 e. The van der Waals surface area contributed by atoms with Gasteiger partial charge in [0.25, 0.3) is 0 Å². The van der Waals surface area contributed by atoms with E-state index in [0.29, 0.717) is 6.29 Å². The Kier molecular flexibility index (Phi) is 10.1. The van der Waals surface area contributed by atoms with E-state index >= 15 is 0 Å². The standard InChI is InChI=1S/C7H12O.C4H3NO2.C2H6/c8-6-5-7-3-1-2-4-7;6-3-4-1-2-5-7-4;1-2/h6-7H,1-5H2;1-3H;1-2H3. The predicted molar refractivity (Wildman–Crippen MR) is 65.9 cm³/mol. The number of aldehydes is 2. The van der Waals surface area contributed by atoms with Crippen molar-refractivity contribution in [3.63, 3.8) is 0 Å². The molecule has 1 aromatic heterocycles. The molecule has 0 aromatic carbocycles. The number of hydrogen-bond acceptors (Lipinski definition) is 4. The van der Waals surface area contributed by atoms with Gasteiger partial charge in [-0.15, -0.1) is 0 Å². The monoisotopic (exact) mass is 239 g/mol. The van der Waals surface area contributed by atoms with Crippen LogP contribution < -0.4 is 0 Å². The molecule has 1 aliphatic carbocycles. The summed E-state index contributed by atoms with van der Waals surface area (Å²) in [6.07, 6.45) is 9.15. The van der Waals surface area contributed by atoms with E-state index in [9.17, 15) is 9.59 Å². The van der Waals surface area contributed by atoms with Crippen LogP contribution in [0.4, 0.5) is 0 Å². The van der Waals surface area contributed by atoms with Crippen molar-refractivity contribution in [2.75, 3.05) is 0 Å². The number of carbonyl (C=O) groups excluding carboxylic acids is 2. The lowest BCUT2D eigenvalue weighted by Gasteiger charge is -1.98. The van der Waals surface area contributed by atoms with Gasteiger partial charge in [-0.05, 0) is 5.92 Å². The minimum Gasteiger partial charge on any atom is -0.353 e. The molecule has 1 aliphatic rings. The lowest BCUT2D eigenvalue weighted by Crippen LogP contribution is -1.91. The van der Waals surface area contributed by atoms with Gasteiger partial charge >= 0.3 is 0 Å². The molecule has 96 valence electrons. The van der Waals surface area contributed by atoms with Gasteiger partial charge in [0, 0.05) is 12.5 Å². The average molecular weight is 239 g/mol. The van der Waals surface area contributed by atoms with Crippen LogP contribution in [-0.4, -0.2) is 17.7 Å². The summed E-state index contributed by atoms with van der Waals surface area (Å²) < 4.78 is 4.36. The summed E-state index contributed by atoms with van der Waals surface area (Å²) in [4.78, 5) is 19.7. The summed E-state index contributed by atoms with van der Waals surface area (Å²) in [5.41, 5.74) is 0. The molecule has 0 N–H and O–H groups in total. The zero-order valence-electron chi connectivity index (χ0n) is 10.6. The van der Waals surface area contributed by atoms with Gasteiger partial charge in [0.15, 0.2) is 12.0 Å². The zero-order valence-corrected chi connectivity index (χ0v) is 10.6. The predicted octanol–water partition coefficient (Wildman–Crippen LogP) is 3.28. The molecular weight excluding hydrogens is 218 g/mol.